The number of nitrogens with two attached hydrogens (primary N) is 1. The molecule has 0 aromatic rings. The fraction of sp³-hybridized carbons (Fsp3) is 0.738. The van der Waals surface area contributed by atoms with Crippen LogP contribution in [-0.2, 0) is 37.5 Å². The molecule has 11 nitrogen and oxygen atoms in total. The number of phosphoric acid groups is 1. The third-order valence-electron chi connectivity index (χ3n) is 8.55. The molecule has 0 aliphatic heterocycles. The Morgan fingerprint density at radius 1 is 0.574 bits per heavy atom. The number of aliphatic carboxylic acids is 1. The fourth-order valence-electron chi connectivity index (χ4n) is 5.24. The lowest BCUT2D eigenvalue weighted by Crippen LogP contribution is -2.34. The zero-order valence-electron chi connectivity index (χ0n) is 33.6. The summed E-state index contributed by atoms with van der Waals surface area (Å²) >= 11 is 0. The van der Waals surface area contributed by atoms with Crippen LogP contribution in [-0.4, -0.2) is 59.9 Å². The number of hydrogen-bond acceptors (Lipinski definition) is 9. The Balaban J connectivity index is 4.45. The maximum atomic E-state index is 12.6. The van der Waals surface area contributed by atoms with Crippen LogP contribution in [0.5, 0.6) is 0 Å². The van der Waals surface area contributed by atoms with Gasteiger partial charge >= 0.3 is 25.7 Å². The number of hydrogen-bond donors (Lipinski definition) is 3. The van der Waals surface area contributed by atoms with Crippen molar-refractivity contribution in [1.29, 1.82) is 0 Å². The van der Waals surface area contributed by atoms with Crippen molar-refractivity contribution in [3.05, 3.63) is 48.6 Å². The van der Waals surface area contributed by atoms with Crippen LogP contribution in [0.15, 0.2) is 48.6 Å². The molecule has 0 heterocycles. The number of carbonyl (C=O) groups is 3. The molecule has 0 bridgehead atoms. The summed E-state index contributed by atoms with van der Waals surface area (Å²) in [7, 11) is -4.72. The highest BCUT2D eigenvalue weighted by molar-refractivity contribution is 7.47. The van der Waals surface area contributed by atoms with Gasteiger partial charge in [0.25, 0.3) is 0 Å². The van der Waals surface area contributed by atoms with Crippen molar-refractivity contribution in [3.8, 4) is 0 Å². The first-order valence-electron chi connectivity index (χ1n) is 20.7. The fourth-order valence-corrected chi connectivity index (χ4v) is 6.02. The normalized spacial score (nSPS) is 14.3. The summed E-state index contributed by atoms with van der Waals surface area (Å²) < 4.78 is 32.6. The summed E-state index contributed by atoms with van der Waals surface area (Å²) in [4.78, 5) is 45.9. The molecule has 0 rings (SSSR count). The van der Waals surface area contributed by atoms with E-state index in [2.05, 4.69) is 67.0 Å². The van der Waals surface area contributed by atoms with Crippen molar-refractivity contribution >= 4 is 25.7 Å². The molecule has 0 aliphatic rings. The summed E-state index contributed by atoms with van der Waals surface area (Å²) in [6.07, 6.45) is 40.3. The zero-order chi connectivity index (χ0) is 40.0. The minimum absolute atomic E-state index is 0.141. The number of carboxylic acid groups (broad SMARTS) is 1. The number of ether oxygens (including phenoxy) is 2. The van der Waals surface area contributed by atoms with E-state index in [4.69, 9.17) is 24.8 Å². The molecule has 0 fully saturated rings. The number of carbonyl (C=O) groups excluding carboxylic acids is 2. The van der Waals surface area contributed by atoms with Crippen LogP contribution in [0.4, 0.5) is 0 Å². The van der Waals surface area contributed by atoms with E-state index >= 15 is 0 Å². The quantitative estimate of drug-likeness (QED) is 0.0235. The molecule has 0 spiro atoms. The van der Waals surface area contributed by atoms with E-state index < -0.39 is 51.1 Å². The van der Waals surface area contributed by atoms with E-state index in [1.807, 2.05) is 0 Å². The van der Waals surface area contributed by atoms with Crippen LogP contribution in [0.2, 0.25) is 0 Å². The van der Waals surface area contributed by atoms with Crippen molar-refractivity contribution in [3.63, 3.8) is 0 Å². The zero-order valence-corrected chi connectivity index (χ0v) is 34.4. The van der Waals surface area contributed by atoms with Gasteiger partial charge in [-0.2, -0.15) is 0 Å². The molecule has 1 unspecified atom stereocenters. The van der Waals surface area contributed by atoms with Crippen molar-refractivity contribution < 1.29 is 47.5 Å². The van der Waals surface area contributed by atoms with Crippen LogP contribution in [0.25, 0.3) is 0 Å². The SMILES string of the molecule is CCCCCC=CCC=CCCCCCCCC(=O)OC[C@H](COP(=O)(O)OC[C@H](N)C(=O)O)OC(=O)CCCCCCCC=CCC=CCCCCC. The minimum atomic E-state index is -4.72. The molecule has 54 heavy (non-hydrogen) atoms. The number of unbranched alkanes of at least 4 members (excludes halogenated alkanes) is 16. The highest BCUT2D eigenvalue weighted by atomic mass is 31.2. The Bertz CT molecular complexity index is 1110. The van der Waals surface area contributed by atoms with E-state index in [-0.39, 0.29) is 19.4 Å². The molecular formula is C42H74NO10P. The summed E-state index contributed by atoms with van der Waals surface area (Å²) in [5.74, 6) is -2.42. The molecule has 0 amide bonds. The van der Waals surface area contributed by atoms with Crippen LogP contribution < -0.4 is 5.73 Å². The number of esters is 2. The van der Waals surface area contributed by atoms with E-state index in [1.54, 1.807) is 0 Å². The highest BCUT2D eigenvalue weighted by Gasteiger charge is 2.28. The smallest absolute Gasteiger partial charge is 0.472 e. The first-order valence-corrected chi connectivity index (χ1v) is 22.2. The largest absolute Gasteiger partial charge is 0.480 e. The molecule has 0 aromatic heterocycles. The van der Waals surface area contributed by atoms with Gasteiger partial charge in [-0.15, -0.1) is 0 Å². The number of carboxylic acids is 1. The lowest BCUT2D eigenvalue weighted by Gasteiger charge is -2.20. The average Bonchev–Trinajstić information content (AvgIpc) is 3.14. The van der Waals surface area contributed by atoms with Gasteiger partial charge in [0.15, 0.2) is 6.10 Å². The van der Waals surface area contributed by atoms with Crippen molar-refractivity contribution in [2.45, 2.75) is 180 Å². The summed E-state index contributed by atoms with van der Waals surface area (Å²) in [5.41, 5.74) is 5.32. The van der Waals surface area contributed by atoms with Crippen LogP contribution >= 0.6 is 7.82 Å². The molecule has 3 atom stereocenters. The number of allylic oxidation sites excluding steroid dienone is 8. The second-order valence-corrected chi connectivity index (χ2v) is 15.2. The van der Waals surface area contributed by atoms with E-state index in [1.165, 1.54) is 38.5 Å². The van der Waals surface area contributed by atoms with E-state index in [0.29, 0.717) is 12.8 Å². The van der Waals surface area contributed by atoms with Crippen LogP contribution in [0.1, 0.15) is 168 Å². The monoisotopic (exact) mass is 784 g/mol. The lowest BCUT2D eigenvalue weighted by atomic mass is 10.1. The Hall–Kier alpha value is -2.56. The molecule has 4 N–H and O–H groups in total. The number of rotatable bonds is 38. The Morgan fingerprint density at radius 3 is 1.44 bits per heavy atom. The van der Waals surface area contributed by atoms with Gasteiger partial charge in [-0.3, -0.25) is 23.4 Å². The van der Waals surface area contributed by atoms with E-state index in [9.17, 15) is 23.8 Å². The summed E-state index contributed by atoms with van der Waals surface area (Å²) in [6, 6.07) is -1.53. The first-order chi connectivity index (χ1) is 26.1. The number of phosphoric ester groups is 1. The minimum Gasteiger partial charge on any atom is -0.480 e. The second-order valence-electron chi connectivity index (χ2n) is 13.8. The molecule has 0 aromatic carbocycles. The van der Waals surface area contributed by atoms with Gasteiger partial charge in [0, 0.05) is 12.8 Å². The van der Waals surface area contributed by atoms with Crippen molar-refractivity contribution in [2.75, 3.05) is 19.8 Å². The lowest BCUT2D eigenvalue weighted by molar-refractivity contribution is -0.161. The average molecular weight is 784 g/mol. The molecule has 0 radical (unpaired) electrons. The standard InChI is InChI=1S/C42H74NO10P/c1-3-5-7-9-11-13-15-17-19-21-23-25-27-29-31-33-40(44)50-35-38(36-51-54(48,49)52-37-39(43)42(46)47)53-41(45)34-32-30-28-26-24-22-20-18-16-14-12-10-8-6-4-2/h11-14,17-20,38-39H,3-10,15-16,21-37,43H2,1-2H3,(H,46,47)(H,48,49)/t38-,39+/m1/s1. The third-order valence-corrected chi connectivity index (χ3v) is 9.50. The van der Waals surface area contributed by atoms with Gasteiger partial charge in [0.2, 0.25) is 0 Å². The Kier molecular flexibility index (Phi) is 35.6. The Labute approximate surface area is 326 Å². The van der Waals surface area contributed by atoms with Gasteiger partial charge < -0.3 is 25.2 Å². The van der Waals surface area contributed by atoms with Crippen molar-refractivity contribution in [2.24, 2.45) is 5.73 Å². The predicted molar refractivity (Wildman–Crippen MR) is 217 cm³/mol. The second kappa shape index (κ2) is 37.4. The van der Waals surface area contributed by atoms with Gasteiger partial charge in [0.1, 0.15) is 12.6 Å². The van der Waals surface area contributed by atoms with E-state index in [0.717, 1.165) is 89.9 Å². The van der Waals surface area contributed by atoms with Crippen molar-refractivity contribution in [1.82, 2.24) is 0 Å². The Morgan fingerprint density at radius 2 is 0.981 bits per heavy atom. The third kappa shape index (κ3) is 36.4. The first kappa shape index (κ1) is 51.4. The highest BCUT2D eigenvalue weighted by Crippen LogP contribution is 2.43. The van der Waals surface area contributed by atoms with Gasteiger partial charge in [-0.05, 0) is 77.0 Å². The van der Waals surface area contributed by atoms with Crippen LogP contribution in [0.3, 0.4) is 0 Å². The molecule has 0 aliphatic carbocycles. The summed E-state index contributed by atoms with van der Waals surface area (Å²) in [5, 5.41) is 8.87. The molecule has 312 valence electrons. The summed E-state index contributed by atoms with van der Waals surface area (Å²) in [6.45, 7) is 2.71. The molecule has 12 heteroatoms. The van der Waals surface area contributed by atoms with Gasteiger partial charge in [-0.25, -0.2) is 4.57 Å². The molecular weight excluding hydrogens is 709 g/mol. The van der Waals surface area contributed by atoms with Gasteiger partial charge in [0.05, 0.1) is 13.2 Å². The molecule has 0 saturated heterocycles. The maximum absolute atomic E-state index is 12.6. The maximum Gasteiger partial charge on any atom is 0.472 e. The topological polar surface area (TPSA) is 172 Å². The molecule has 0 saturated carbocycles. The predicted octanol–water partition coefficient (Wildman–Crippen LogP) is 10.6. The van der Waals surface area contributed by atoms with Crippen LogP contribution in [0, 0.1) is 0 Å². The van der Waals surface area contributed by atoms with Gasteiger partial charge in [-0.1, -0.05) is 127 Å².